The number of carbonyl (C=O) groups excluding carboxylic acids is 1. The third-order valence-corrected chi connectivity index (χ3v) is 9.77. The predicted octanol–water partition coefficient (Wildman–Crippen LogP) is 7.18. The normalized spacial score (nSPS) is 33.4. The Balaban J connectivity index is 1.31. The van der Waals surface area contributed by atoms with Crippen molar-refractivity contribution >= 4 is 17.7 Å². The Morgan fingerprint density at radius 3 is 2.80 bits per heavy atom. The Kier molecular flexibility index (Phi) is 6.02. The molecule has 0 radical (unpaired) electrons. The first-order valence-electron chi connectivity index (χ1n) is 13.4. The summed E-state index contributed by atoms with van der Waals surface area (Å²) in [4.78, 5) is 15.8. The fraction of sp³-hybridized carbons (Fsp3) is 0.567. The van der Waals surface area contributed by atoms with Crippen LogP contribution in [0.2, 0.25) is 0 Å². The molecule has 5 unspecified atom stereocenters. The molecule has 2 aromatic carbocycles. The molecule has 4 aliphatic rings. The molecule has 35 heavy (non-hydrogen) atoms. The quantitative estimate of drug-likeness (QED) is 0.423. The molecule has 2 bridgehead atoms. The van der Waals surface area contributed by atoms with Crippen LogP contribution >= 0.6 is 11.8 Å². The minimum absolute atomic E-state index is 0.208. The van der Waals surface area contributed by atoms with Gasteiger partial charge < -0.3 is 14.2 Å². The maximum absolute atomic E-state index is 13.6. The number of fused-ring (bicyclic) bond motifs is 6. The second-order valence-corrected chi connectivity index (χ2v) is 12.4. The summed E-state index contributed by atoms with van der Waals surface area (Å²) in [5, 5.41) is 0. The fourth-order valence-electron chi connectivity index (χ4n) is 6.84. The molecule has 0 aromatic heterocycles. The zero-order valence-corrected chi connectivity index (χ0v) is 21.9. The molecule has 2 aliphatic heterocycles. The lowest BCUT2D eigenvalue weighted by atomic mass is 9.64. The van der Waals surface area contributed by atoms with Crippen LogP contribution in [-0.2, 0) is 24.8 Å². The van der Waals surface area contributed by atoms with Crippen LogP contribution in [0.5, 0.6) is 0 Å². The molecule has 2 heterocycles. The van der Waals surface area contributed by atoms with E-state index < -0.39 is 11.9 Å². The second kappa shape index (κ2) is 8.93. The lowest BCUT2D eigenvalue weighted by molar-refractivity contribution is -0.193. The Labute approximate surface area is 213 Å². The summed E-state index contributed by atoms with van der Waals surface area (Å²) >= 11 is 1.74. The Bertz CT molecular complexity index is 1130. The molecule has 5 atom stereocenters. The molecule has 5 heteroatoms. The van der Waals surface area contributed by atoms with Crippen LogP contribution in [0.4, 0.5) is 0 Å². The van der Waals surface area contributed by atoms with Crippen LogP contribution in [-0.4, -0.2) is 24.3 Å². The van der Waals surface area contributed by atoms with Gasteiger partial charge in [0.15, 0.2) is 6.10 Å². The summed E-state index contributed by atoms with van der Waals surface area (Å²) < 4.78 is 19.5. The van der Waals surface area contributed by atoms with E-state index in [1.165, 1.54) is 18.4 Å². The maximum Gasteiger partial charge on any atom is 0.338 e. The third kappa shape index (κ3) is 4.04. The van der Waals surface area contributed by atoms with E-state index >= 15 is 0 Å². The van der Waals surface area contributed by atoms with E-state index in [1.807, 2.05) is 12.1 Å². The van der Waals surface area contributed by atoms with E-state index in [1.54, 1.807) is 11.8 Å². The lowest BCUT2D eigenvalue weighted by Gasteiger charge is -2.47. The number of rotatable bonds is 4. The van der Waals surface area contributed by atoms with Crippen LogP contribution in [0, 0.1) is 11.8 Å². The number of hydrogen-bond donors (Lipinski definition) is 0. The van der Waals surface area contributed by atoms with Gasteiger partial charge in [-0.1, -0.05) is 69.6 Å². The van der Waals surface area contributed by atoms with Crippen LogP contribution < -0.4 is 0 Å². The van der Waals surface area contributed by atoms with E-state index in [0.29, 0.717) is 17.8 Å². The second-order valence-electron chi connectivity index (χ2n) is 11.3. The average Bonchev–Trinajstić information content (AvgIpc) is 3.30. The first-order valence-corrected chi connectivity index (χ1v) is 14.2. The summed E-state index contributed by atoms with van der Waals surface area (Å²) in [6.45, 7) is 6.86. The van der Waals surface area contributed by atoms with Gasteiger partial charge in [-0.05, 0) is 73.6 Å². The van der Waals surface area contributed by atoms with Gasteiger partial charge in [-0.3, -0.25) is 0 Å². The molecule has 2 saturated carbocycles. The van der Waals surface area contributed by atoms with Crippen molar-refractivity contribution in [3.63, 3.8) is 0 Å². The van der Waals surface area contributed by atoms with Crippen molar-refractivity contribution in [1.29, 1.82) is 0 Å². The van der Waals surface area contributed by atoms with Crippen molar-refractivity contribution in [2.24, 2.45) is 11.8 Å². The van der Waals surface area contributed by atoms with Crippen LogP contribution in [0.3, 0.4) is 0 Å². The number of ether oxygens (including phenoxy) is 3. The van der Waals surface area contributed by atoms with Gasteiger partial charge in [0, 0.05) is 20.9 Å². The van der Waals surface area contributed by atoms with E-state index in [4.69, 9.17) is 14.2 Å². The Morgan fingerprint density at radius 1 is 1.14 bits per heavy atom. The predicted molar refractivity (Wildman–Crippen MR) is 136 cm³/mol. The smallest absolute Gasteiger partial charge is 0.338 e. The first-order chi connectivity index (χ1) is 16.9. The molecular formula is C30H36O4S. The summed E-state index contributed by atoms with van der Waals surface area (Å²) in [5.41, 5.74) is 2.90. The third-order valence-electron chi connectivity index (χ3n) is 8.62. The van der Waals surface area contributed by atoms with Gasteiger partial charge in [-0.15, -0.1) is 0 Å². The van der Waals surface area contributed by atoms with E-state index in [2.05, 4.69) is 51.1 Å². The SMILES string of the molecule is CCC1CC2CCCC(OC(=O)C3COC4(O3)c3ccccc3Sc3ccc(C(C)C)cc34)(C1)C2. The van der Waals surface area contributed by atoms with Gasteiger partial charge in [-0.2, -0.15) is 0 Å². The molecule has 2 aromatic rings. The molecule has 4 nitrogen and oxygen atoms in total. The van der Waals surface area contributed by atoms with Crippen molar-refractivity contribution in [2.45, 2.75) is 98.9 Å². The van der Waals surface area contributed by atoms with Crippen molar-refractivity contribution in [3.05, 3.63) is 59.2 Å². The highest BCUT2D eigenvalue weighted by Crippen LogP contribution is 2.54. The largest absolute Gasteiger partial charge is 0.457 e. The van der Waals surface area contributed by atoms with Gasteiger partial charge in [-0.25, -0.2) is 4.79 Å². The minimum Gasteiger partial charge on any atom is -0.457 e. The molecular weight excluding hydrogens is 456 g/mol. The highest BCUT2D eigenvalue weighted by atomic mass is 32.2. The van der Waals surface area contributed by atoms with Gasteiger partial charge >= 0.3 is 5.97 Å². The maximum atomic E-state index is 13.6. The highest BCUT2D eigenvalue weighted by molar-refractivity contribution is 7.99. The zero-order valence-electron chi connectivity index (χ0n) is 21.0. The van der Waals surface area contributed by atoms with Gasteiger partial charge in [0.25, 0.3) is 0 Å². The standard InChI is InChI=1S/C30H36O4S/c1-4-20-14-21-8-7-13-29(16-20,17-21)34-28(31)25-18-32-30(33-25)23-9-5-6-10-26(23)35-27-12-11-22(19(2)3)15-24(27)30/h5-6,9-12,15,19-21,25H,4,7-8,13-14,16-18H2,1-3H3. The average molecular weight is 493 g/mol. The molecule has 0 N–H and O–H groups in total. The van der Waals surface area contributed by atoms with Crippen molar-refractivity contribution in [3.8, 4) is 0 Å². The first kappa shape index (κ1) is 23.6. The Morgan fingerprint density at radius 2 is 1.97 bits per heavy atom. The van der Waals surface area contributed by atoms with Crippen LogP contribution in [0.1, 0.15) is 88.3 Å². The molecule has 1 spiro atoms. The zero-order chi connectivity index (χ0) is 24.2. The lowest BCUT2D eigenvalue weighted by Crippen LogP contribution is -2.48. The molecule has 3 fully saturated rings. The molecule has 186 valence electrons. The van der Waals surface area contributed by atoms with Crippen LogP contribution in [0.15, 0.2) is 52.3 Å². The van der Waals surface area contributed by atoms with Crippen molar-refractivity contribution < 1.29 is 19.0 Å². The van der Waals surface area contributed by atoms with E-state index in [9.17, 15) is 4.79 Å². The van der Waals surface area contributed by atoms with Gasteiger partial charge in [0.05, 0.1) is 6.61 Å². The molecule has 0 amide bonds. The topological polar surface area (TPSA) is 44.8 Å². The summed E-state index contributed by atoms with van der Waals surface area (Å²) in [6.07, 6.45) is 7.11. The molecule has 6 rings (SSSR count). The number of esters is 1. The van der Waals surface area contributed by atoms with Gasteiger partial charge in [0.1, 0.15) is 5.60 Å². The van der Waals surface area contributed by atoms with Gasteiger partial charge in [0.2, 0.25) is 5.79 Å². The number of benzene rings is 2. The monoisotopic (exact) mass is 492 g/mol. The summed E-state index contributed by atoms with van der Waals surface area (Å²) in [6, 6.07) is 14.8. The van der Waals surface area contributed by atoms with Crippen molar-refractivity contribution in [1.82, 2.24) is 0 Å². The Hall–Kier alpha value is -1.82. The number of carbonyl (C=O) groups is 1. The molecule has 2 aliphatic carbocycles. The highest BCUT2D eigenvalue weighted by Gasteiger charge is 2.53. The molecule has 1 saturated heterocycles. The van der Waals surface area contributed by atoms with Crippen LogP contribution in [0.25, 0.3) is 0 Å². The minimum atomic E-state index is -1.07. The van der Waals surface area contributed by atoms with E-state index in [-0.39, 0.29) is 18.2 Å². The summed E-state index contributed by atoms with van der Waals surface area (Å²) in [5.74, 6) is 0.398. The van der Waals surface area contributed by atoms with E-state index in [0.717, 1.165) is 53.0 Å². The fourth-order valence-corrected chi connectivity index (χ4v) is 7.97. The summed E-state index contributed by atoms with van der Waals surface area (Å²) in [7, 11) is 0. The number of hydrogen-bond acceptors (Lipinski definition) is 5. The van der Waals surface area contributed by atoms with Crippen molar-refractivity contribution in [2.75, 3.05) is 6.61 Å².